The largest absolute Gasteiger partial charge is 0.480 e. The van der Waals surface area contributed by atoms with E-state index >= 15 is 0 Å². The summed E-state index contributed by atoms with van der Waals surface area (Å²) in [5, 5.41) is 11.3. The third-order valence-corrected chi connectivity index (χ3v) is 3.51. The number of carbonyl (C=O) groups is 2. The fraction of sp³-hybridized carbons (Fsp3) is 0.429. The van der Waals surface area contributed by atoms with Gasteiger partial charge < -0.3 is 10.4 Å². The molecule has 1 aromatic rings. The van der Waals surface area contributed by atoms with Crippen LogP contribution in [0.4, 0.5) is 8.78 Å². The minimum Gasteiger partial charge on any atom is -0.480 e. The fourth-order valence-electron chi connectivity index (χ4n) is 2.25. The Morgan fingerprint density at radius 2 is 2.15 bits per heavy atom. The molecule has 0 heterocycles. The molecule has 0 aromatic heterocycles. The Morgan fingerprint density at radius 1 is 1.45 bits per heavy atom. The van der Waals surface area contributed by atoms with E-state index in [2.05, 4.69) is 5.32 Å². The summed E-state index contributed by atoms with van der Waals surface area (Å²) in [5.74, 6) is -3.57. The van der Waals surface area contributed by atoms with Crippen LogP contribution in [0, 0.1) is 17.6 Å². The zero-order chi connectivity index (χ0) is 14.9. The summed E-state index contributed by atoms with van der Waals surface area (Å²) in [6.07, 6.45) is 0.730. The number of rotatable bonds is 5. The number of aliphatic carboxylic acids is 1. The van der Waals surface area contributed by atoms with Gasteiger partial charge in [0, 0.05) is 12.0 Å². The standard InChI is InChI=1S/C14H15F2NO3/c1-2-12(14(19)20)17-13(18)10-6-9(10)8-4-3-7(15)5-11(8)16/h3-5,9-10,12H,2,6H2,1H3,(H,17,18)(H,19,20). The zero-order valence-corrected chi connectivity index (χ0v) is 10.9. The first-order chi connectivity index (χ1) is 9.43. The molecular weight excluding hydrogens is 268 g/mol. The molecule has 3 unspecified atom stereocenters. The van der Waals surface area contributed by atoms with Crippen molar-refractivity contribution in [1.29, 1.82) is 0 Å². The Balaban J connectivity index is 2.00. The van der Waals surface area contributed by atoms with Crippen LogP contribution in [0.3, 0.4) is 0 Å². The van der Waals surface area contributed by atoms with Crippen molar-refractivity contribution in [1.82, 2.24) is 5.32 Å². The van der Waals surface area contributed by atoms with Crippen molar-refractivity contribution in [2.75, 3.05) is 0 Å². The molecule has 1 aromatic carbocycles. The number of halogens is 2. The SMILES string of the molecule is CCC(NC(=O)C1CC1c1ccc(F)cc1F)C(=O)O. The molecule has 2 rings (SSSR count). The molecule has 0 bridgehead atoms. The third-order valence-electron chi connectivity index (χ3n) is 3.51. The van der Waals surface area contributed by atoms with Crippen molar-refractivity contribution >= 4 is 11.9 Å². The second-order valence-corrected chi connectivity index (χ2v) is 4.92. The van der Waals surface area contributed by atoms with Gasteiger partial charge in [0.15, 0.2) is 0 Å². The smallest absolute Gasteiger partial charge is 0.326 e. The highest BCUT2D eigenvalue weighted by molar-refractivity contribution is 5.87. The van der Waals surface area contributed by atoms with Gasteiger partial charge in [0.25, 0.3) is 0 Å². The second-order valence-electron chi connectivity index (χ2n) is 4.92. The van der Waals surface area contributed by atoms with E-state index in [4.69, 9.17) is 5.11 Å². The lowest BCUT2D eigenvalue weighted by Gasteiger charge is -2.12. The van der Waals surface area contributed by atoms with Crippen LogP contribution in [-0.4, -0.2) is 23.0 Å². The van der Waals surface area contributed by atoms with Gasteiger partial charge >= 0.3 is 5.97 Å². The molecule has 20 heavy (non-hydrogen) atoms. The molecule has 1 aliphatic rings. The number of hydrogen-bond acceptors (Lipinski definition) is 2. The highest BCUT2D eigenvalue weighted by Crippen LogP contribution is 2.48. The van der Waals surface area contributed by atoms with E-state index in [0.29, 0.717) is 12.0 Å². The molecule has 1 saturated carbocycles. The molecule has 1 fully saturated rings. The van der Waals surface area contributed by atoms with E-state index in [9.17, 15) is 18.4 Å². The van der Waals surface area contributed by atoms with Gasteiger partial charge in [0.1, 0.15) is 17.7 Å². The van der Waals surface area contributed by atoms with Gasteiger partial charge in [-0.15, -0.1) is 0 Å². The van der Waals surface area contributed by atoms with Crippen molar-refractivity contribution in [3.8, 4) is 0 Å². The Labute approximate surface area is 114 Å². The van der Waals surface area contributed by atoms with Gasteiger partial charge in [0.2, 0.25) is 5.91 Å². The zero-order valence-electron chi connectivity index (χ0n) is 10.9. The number of nitrogens with one attached hydrogen (secondary N) is 1. The Bertz CT molecular complexity index is 547. The Kier molecular flexibility index (Phi) is 4.01. The van der Waals surface area contributed by atoms with Crippen LogP contribution in [0.1, 0.15) is 31.2 Å². The van der Waals surface area contributed by atoms with Crippen LogP contribution in [0.2, 0.25) is 0 Å². The van der Waals surface area contributed by atoms with E-state index in [1.165, 1.54) is 6.07 Å². The first-order valence-electron chi connectivity index (χ1n) is 6.42. The minimum atomic E-state index is -1.09. The summed E-state index contributed by atoms with van der Waals surface area (Å²) < 4.78 is 26.4. The summed E-state index contributed by atoms with van der Waals surface area (Å²) >= 11 is 0. The Morgan fingerprint density at radius 3 is 2.70 bits per heavy atom. The molecule has 3 atom stereocenters. The monoisotopic (exact) mass is 283 g/mol. The molecule has 108 valence electrons. The molecule has 2 N–H and O–H groups in total. The van der Waals surface area contributed by atoms with Gasteiger partial charge in [0.05, 0.1) is 0 Å². The maximum atomic E-state index is 13.6. The minimum absolute atomic E-state index is 0.281. The maximum Gasteiger partial charge on any atom is 0.326 e. The summed E-state index contributed by atoms with van der Waals surface area (Å²) in [6.45, 7) is 1.66. The van der Waals surface area contributed by atoms with Crippen molar-refractivity contribution in [2.45, 2.75) is 31.7 Å². The van der Waals surface area contributed by atoms with Crippen molar-refractivity contribution in [2.24, 2.45) is 5.92 Å². The van der Waals surface area contributed by atoms with Gasteiger partial charge in [-0.2, -0.15) is 0 Å². The lowest BCUT2D eigenvalue weighted by atomic mass is 10.1. The van der Waals surface area contributed by atoms with Crippen molar-refractivity contribution in [3.63, 3.8) is 0 Å². The van der Waals surface area contributed by atoms with E-state index in [-0.39, 0.29) is 12.3 Å². The first-order valence-corrected chi connectivity index (χ1v) is 6.42. The van der Waals surface area contributed by atoms with E-state index in [1.54, 1.807) is 6.92 Å². The van der Waals surface area contributed by atoms with Crippen LogP contribution in [0.25, 0.3) is 0 Å². The number of amides is 1. The number of hydrogen-bond donors (Lipinski definition) is 2. The summed E-state index contributed by atoms with van der Waals surface area (Å²) in [4.78, 5) is 22.7. The van der Waals surface area contributed by atoms with Crippen molar-refractivity contribution < 1.29 is 23.5 Å². The van der Waals surface area contributed by atoms with Gasteiger partial charge in [-0.1, -0.05) is 13.0 Å². The van der Waals surface area contributed by atoms with Crippen LogP contribution < -0.4 is 5.32 Å². The highest BCUT2D eigenvalue weighted by atomic mass is 19.1. The molecule has 4 nitrogen and oxygen atoms in total. The molecule has 1 amide bonds. The van der Waals surface area contributed by atoms with Crippen LogP contribution in [-0.2, 0) is 9.59 Å². The maximum absolute atomic E-state index is 13.6. The second kappa shape index (κ2) is 5.56. The molecule has 6 heteroatoms. The van der Waals surface area contributed by atoms with Crippen LogP contribution in [0.5, 0.6) is 0 Å². The van der Waals surface area contributed by atoms with Crippen molar-refractivity contribution in [3.05, 3.63) is 35.4 Å². The molecule has 0 saturated heterocycles. The first kappa shape index (κ1) is 14.4. The topological polar surface area (TPSA) is 66.4 Å². The van der Waals surface area contributed by atoms with E-state index in [1.807, 2.05) is 0 Å². The molecule has 0 radical (unpaired) electrons. The molecular formula is C14H15F2NO3. The Hall–Kier alpha value is -1.98. The molecule has 0 spiro atoms. The number of benzene rings is 1. The van der Waals surface area contributed by atoms with E-state index in [0.717, 1.165) is 12.1 Å². The van der Waals surface area contributed by atoms with Crippen LogP contribution in [0.15, 0.2) is 18.2 Å². The normalized spacial score (nSPS) is 22.1. The average molecular weight is 283 g/mol. The number of carboxylic acids is 1. The van der Waals surface area contributed by atoms with Gasteiger partial charge in [-0.3, -0.25) is 4.79 Å². The van der Waals surface area contributed by atoms with Gasteiger partial charge in [-0.05, 0) is 30.4 Å². The molecule has 1 aliphatic carbocycles. The predicted molar refractivity (Wildman–Crippen MR) is 67.1 cm³/mol. The highest BCUT2D eigenvalue weighted by Gasteiger charge is 2.45. The number of carboxylic acid groups (broad SMARTS) is 1. The summed E-state index contributed by atoms with van der Waals surface area (Å²) in [6, 6.07) is 2.34. The predicted octanol–water partition coefficient (Wildman–Crippen LogP) is 2.05. The third kappa shape index (κ3) is 2.95. The van der Waals surface area contributed by atoms with Gasteiger partial charge in [-0.25, -0.2) is 13.6 Å². The fourth-order valence-corrected chi connectivity index (χ4v) is 2.25. The lowest BCUT2D eigenvalue weighted by molar-refractivity contribution is -0.142. The quantitative estimate of drug-likeness (QED) is 0.869. The van der Waals surface area contributed by atoms with Crippen LogP contribution >= 0.6 is 0 Å². The summed E-state index contributed by atoms with van der Waals surface area (Å²) in [7, 11) is 0. The van der Waals surface area contributed by atoms with E-state index < -0.39 is 35.5 Å². The number of carbonyl (C=O) groups excluding carboxylic acids is 1. The summed E-state index contributed by atoms with van der Waals surface area (Å²) in [5.41, 5.74) is 0.301. The molecule has 0 aliphatic heterocycles. The lowest BCUT2D eigenvalue weighted by Crippen LogP contribution is -2.41. The average Bonchev–Trinajstić information content (AvgIpc) is 3.15.